The molecule has 118 valence electrons. The van der Waals surface area contributed by atoms with E-state index in [1.807, 2.05) is 0 Å². The van der Waals surface area contributed by atoms with E-state index in [2.05, 4.69) is 13.8 Å². The van der Waals surface area contributed by atoms with E-state index in [-0.39, 0.29) is 6.10 Å². The van der Waals surface area contributed by atoms with Gasteiger partial charge in [-0.25, -0.2) is 0 Å². The Morgan fingerprint density at radius 3 is 2.67 bits per heavy atom. The van der Waals surface area contributed by atoms with Gasteiger partial charge in [0.15, 0.2) is 0 Å². The van der Waals surface area contributed by atoms with Crippen LogP contribution in [0.2, 0.25) is 0 Å². The lowest BCUT2D eigenvalue weighted by Gasteiger charge is -2.60. The molecule has 7 atom stereocenters. The molecule has 0 bridgehead atoms. The quantitative estimate of drug-likeness (QED) is 0.733. The van der Waals surface area contributed by atoms with Crippen molar-refractivity contribution in [3.8, 4) is 0 Å². The van der Waals surface area contributed by atoms with Gasteiger partial charge in [0.05, 0.1) is 6.10 Å². The topological polar surface area (TPSA) is 37.3 Å². The molecule has 3 unspecified atom stereocenters. The molecule has 0 heterocycles. The second-order valence-electron chi connectivity index (χ2n) is 9.20. The third-order valence-electron chi connectivity index (χ3n) is 8.20. The second kappa shape index (κ2) is 4.57. The van der Waals surface area contributed by atoms with Crippen LogP contribution in [0.1, 0.15) is 71.6 Å². The Morgan fingerprint density at radius 1 is 1.05 bits per heavy atom. The summed E-state index contributed by atoms with van der Waals surface area (Å²) in [5.41, 5.74) is 0.755. The highest BCUT2D eigenvalue weighted by atomic mass is 16.3. The van der Waals surface area contributed by atoms with Gasteiger partial charge in [-0.05, 0) is 79.4 Å². The molecule has 0 saturated heterocycles. The van der Waals surface area contributed by atoms with Crippen LogP contribution in [-0.4, -0.2) is 17.0 Å². The Labute approximate surface area is 128 Å². The van der Waals surface area contributed by atoms with Crippen LogP contribution in [0.25, 0.3) is 0 Å². The minimum absolute atomic E-state index is 0.0541. The molecule has 0 aliphatic heterocycles. The number of hydrogen-bond donors (Lipinski definition) is 1. The highest BCUT2D eigenvalue weighted by Gasteiger charge is 2.59. The van der Waals surface area contributed by atoms with Crippen LogP contribution >= 0.6 is 0 Å². The summed E-state index contributed by atoms with van der Waals surface area (Å²) >= 11 is 0. The first kappa shape index (κ1) is 14.2. The van der Waals surface area contributed by atoms with Gasteiger partial charge >= 0.3 is 0 Å². The Hall–Kier alpha value is -0.370. The third-order valence-corrected chi connectivity index (χ3v) is 8.20. The molecule has 2 heteroatoms. The zero-order valence-electron chi connectivity index (χ0n) is 13.6. The highest BCUT2D eigenvalue weighted by molar-refractivity contribution is 5.82. The Balaban J connectivity index is 1.63. The Bertz CT molecular complexity index is 458. The lowest BCUT2D eigenvalue weighted by atomic mass is 9.45. The standard InChI is InChI=1S/C19H30O2/c1-18-7-6-16-15(17(18)10-14(21)11-18)4-3-12-9-13(20)5-8-19(12,16)2/h12-13,15-17,20H,3-11H2,1-2H3/t12?,13?,15-,16+,17?,18-,19+/m0/s1. The molecule has 2 nitrogen and oxygen atoms in total. The van der Waals surface area contributed by atoms with Crippen LogP contribution in [0.5, 0.6) is 0 Å². The van der Waals surface area contributed by atoms with Crippen molar-refractivity contribution in [2.45, 2.75) is 77.7 Å². The lowest BCUT2D eigenvalue weighted by molar-refractivity contribution is -0.121. The summed E-state index contributed by atoms with van der Waals surface area (Å²) < 4.78 is 0. The van der Waals surface area contributed by atoms with E-state index in [4.69, 9.17) is 0 Å². The second-order valence-corrected chi connectivity index (χ2v) is 9.20. The van der Waals surface area contributed by atoms with Crippen LogP contribution < -0.4 is 0 Å². The van der Waals surface area contributed by atoms with Crippen LogP contribution in [0.15, 0.2) is 0 Å². The summed E-state index contributed by atoms with van der Waals surface area (Å²) in [6.07, 6.45) is 10.1. The number of carbonyl (C=O) groups excluding carboxylic acids is 1. The molecule has 4 saturated carbocycles. The van der Waals surface area contributed by atoms with Crippen molar-refractivity contribution >= 4 is 5.78 Å². The fraction of sp³-hybridized carbons (Fsp3) is 0.947. The fourth-order valence-electron chi connectivity index (χ4n) is 7.01. The number of Topliss-reactive ketones (excluding diaryl/α,β-unsaturated/α-hetero) is 1. The Kier molecular flexibility index (Phi) is 3.10. The molecule has 4 fully saturated rings. The third kappa shape index (κ3) is 1.97. The van der Waals surface area contributed by atoms with Crippen LogP contribution in [0.4, 0.5) is 0 Å². The molecule has 21 heavy (non-hydrogen) atoms. The van der Waals surface area contributed by atoms with Gasteiger partial charge in [-0.2, -0.15) is 0 Å². The van der Waals surface area contributed by atoms with E-state index in [0.717, 1.165) is 43.4 Å². The SMILES string of the molecule is C[C@@]12CC[C@@H]3[C@H](CCC4CC(O)CC[C@]43C)C1CC(=O)C2. The van der Waals surface area contributed by atoms with E-state index in [9.17, 15) is 9.90 Å². The maximum Gasteiger partial charge on any atom is 0.133 e. The molecular formula is C19H30O2. The maximum atomic E-state index is 12.1. The van der Waals surface area contributed by atoms with E-state index < -0.39 is 0 Å². The van der Waals surface area contributed by atoms with Gasteiger partial charge in [0.2, 0.25) is 0 Å². The predicted octanol–water partition coefficient (Wildman–Crippen LogP) is 3.96. The van der Waals surface area contributed by atoms with Gasteiger partial charge in [0, 0.05) is 12.8 Å². The molecule has 4 rings (SSSR count). The van der Waals surface area contributed by atoms with E-state index >= 15 is 0 Å². The van der Waals surface area contributed by atoms with Crippen LogP contribution in [-0.2, 0) is 4.79 Å². The van der Waals surface area contributed by atoms with E-state index in [0.29, 0.717) is 22.5 Å². The summed E-state index contributed by atoms with van der Waals surface area (Å²) in [5, 5.41) is 10.0. The first-order valence-corrected chi connectivity index (χ1v) is 9.12. The molecule has 0 aromatic carbocycles. The molecule has 0 aromatic rings. The van der Waals surface area contributed by atoms with Gasteiger partial charge < -0.3 is 5.11 Å². The lowest BCUT2D eigenvalue weighted by Crippen LogP contribution is -2.53. The van der Waals surface area contributed by atoms with Crippen molar-refractivity contribution in [2.24, 2.45) is 34.5 Å². The highest BCUT2D eigenvalue weighted by Crippen LogP contribution is 2.65. The molecule has 4 aliphatic rings. The van der Waals surface area contributed by atoms with Crippen molar-refractivity contribution < 1.29 is 9.90 Å². The number of fused-ring (bicyclic) bond motifs is 5. The molecule has 0 spiro atoms. The summed E-state index contributed by atoms with van der Waals surface area (Å²) in [7, 11) is 0. The van der Waals surface area contributed by atoms with Crippen molar-refractivity contribution in [2.75, 3.05) is 0 Å². The fourth-order valence-corrected chi connectivity index (χ4v) is 7.01. The van der Waals surface area contributed by atoms with Crippen molar-refractivity contribution in [1.82, 2.24) is 0 Å². The maximum absolute atomic E-state index is 12.1. The molecule has 0 radical (unpaired) electrons. The number of hydrogen-bond acceptors (Lipinski definition) is 2. The minimum atomic E-state index is -0.0541. The van der Waals surface area contributed by atoms with Crippen molar-refractivity contribution in [3.05, 3.63) is 0 Å². The Morgan fingerprint density at radius 2 is 1.86 bits per heavy atom. The van der Waals surface area contributed by atoms with Crippen molar-refractivity contribution in [3.63, 3.8) is 0 Å². The molecular weight excluding hydrogens is 260 g/mol. The zero-order chi connectivity index (χ0) is 14.8. The van der Waals surface area contributed by atoms with Gasteiger partial charge in [-0.1, -0.05) is 13.8 Å². The molecule has 4 aliphatic carbocycles. The van der Waals surface area contributed by atoms with E-state index in [1.54, 1.807) is 0 Å². The number of aliphatic hydroxyl groups is 1. The summed E-state index contributed by atoms with van der Waals surface area (Å²) in [5.74, 6) is 3.51. The summed E-state index contributed by atoms with van der Waals surface area (Å²) in [6.45, 7) is 4.90. The van der Waals surface area contributed by atoms with Crippen LogP contribution in [0, 0.1) is 34.5 Å². The summed E-state index contributed by atoms with van der Waals surface area (Å²) in [6, 6.07) is 0. The number of rotatable bonds is 0. The summed E-state index contributed by atoms with van der Waals surface area (Å²) in [4.78, 5) is 12.1. The van der Waals surface area contributed by atoms with Gasteiger partial charge in [0.25, 0.3) is 0 Å². The van der Waals surface area contributed by atoms with E-state index in [1.165, 1.54) is 32.1 Å². The van der Waals surface area contributed by atoms with Crippen LogP contribution in [0.3, 0.4) is 0 Å². The molecule has 0 amide bonds. The van der Waals surface area contributed by atoms with Gasteiger partial charge in [-0.15, -0.1) is 0 Å². The van der Waals surface area contributed by atoms with Gasteiger partial charge in [0.1, 0.15) is 5.78 Å². The predicted molar refractivity (Wildman–Crippen MR) is 82.7 cm³/mol. The average molecular weight is 290 g/mol. The normalized spacial score (nSPS) is 56.5. The largest absolute Gasteiger partial charge is 0.393 e. The first-order valence-electron chi connectivity index (χ1n) is 9.12. The molecule has 1 N–H and O–H groups in total. The molecule has 0 aromatic heterocycles. The monoisotopic (exact) mass is 290 g/mol. The zero-order valence-corrected chi connectivity index (χ0v) is 13.6. The van der Waals surface area contributed by atoms with Crippen molar-refractivity contribution in [1.29, 1.82) is 0 Å². The van der Waals surface area contributed by atoms with Gasteiger partial charge in [-0.3, -0.25) is 4.79 Å². The number of aliphatic hydroxyl groups excluding tert-OH is 1. The first-order chi connectivity index (χ1) is 9.92. The number of carbonyl (C=O) groups is 1. The number of ketones is 1. The average Bonchev–Trinajstić information content (AvgIpc) is 2.74. The smallest absolute Gasteiger partial charge is 0.133 e. The minimum Gasteiger partial charge on any atom is -0.393 e.